The van der Waals surface area contributed by atoms with Gasteiger partial charge in [-0.05, 0) is 48.4 Å². The van der Waals surface area contributed by atoms with Gasteiger partial charge in [0.25, 0.3) is 0 Å². The molecule has 0 radical (unpaired) electrons. The number of imidazole rings is 1. The first-order valence-electron chi connectivity index (χ1n) is 9.07. The predicted molar refractivity (Wildman–Crippen MR) is 109 cm³/mol. The number of carboxylic acids is 1. The number of fused-ring (bicyclic) bond motifs is 1. The first-order valence-corrected chi connectivity index (χ1v) is 9.07. The monoisotopic (exact) mass is 390 g/mol. The zero-order chi connectivity index (χ0) is 20.5. The molecule has 2 aromatic heterocycles. The van der Waals surface area contributed by atoms with Gasteiger partial charge in [-0.3, -0.25) is 4.90 Å². The Labute approximate surface area is 166 Å². The van der Waals surface area contributed by atoms with Gasteiger partial charge in [0.1, 0.15) is 11.6 Å². The molecule has 4 rings (SSSR count). The average Bonchev–Trinajstić information content (AvgIpc) is 3.03. The predicted octanol–water partition coefficient (Wildman–Crippen LogP) is 4.45. The standard InChI is InChI=1S/C22H19FN4O2/c1-14-11-15(7-9-17(14)21(28)29)13-27(20-10-8-16(23)12-24-20)22-25-18-5-3-4-6-19(18)26(22)2/h3-12H,13H2,1-2H3,(H,28,29). The minimum Gasteiger partial charge on any atom is -0.478 e. The van der Waals surface area contributed by atoms with E-state index in [4.69, 9.17) is 4.98 Å². The number of halogens is 1. The fraction of sp³-hybridized carbons (Fsp3) is 0.136. The minimum atomic E-state index is -0.957. The molecule has 0 aliphatic carbocycles. The third kappa shape index (κ3) is 3.54. The topological polar surface area (TPSA) is 71.2 Å². The molecule has 4 aromatic rings. The van der Waals surface area contributed by atoms with Crippen molar-refractivity contribution >= 4 is 28.8 Å². The van der Waals surface area contributed by atoms with Crippen LogP contribution in [0.4, 0.5) is 16.2 Å². The summed E-state index contributed by atoms with van der Waals surface area (Å²) in [6.07, 6.45) is 1.17. The highest BCUT2D eigenvalue weighted by Gasteiger charge is 2.19. The van der Waals surface area contributed by atoms with Gasteiger partial charge in [-0.1, -0.05) is 24.3 Å². The van der Waals surface area contributed by atoms with E-state index in [1.54, 1.807) is 25.1 Å². The lowest BCUT2D eigenvalue weighted by molar-refractivity contribution is 0.0696. The quantitative estimate of drug-likeness (QED) is 0.545. The molecule has 2 aromatic carbocycles. The van der Waals surface area contributed by atoms with Crippen molar-refractivity contribution in [2.75, 3.05) is 4.90 Å². The van der Waals surface area contributed by atoms with Crippen LogP contribution in [0.5, 0.6) is 0 Å². The Hall–Kier alpha value is -3.74. The molecule has 1 N–H and O–H groups in total. The molecule has 29 heavy (non-hydrogen) atoms. The van der Waals surface area contributed by atoms with Gasteiger partial charge in [0.15, 0.2) is 0 Å². The number of aryl methyl sites for hydroxylation is 2. The molecule has 7 heteroatoms. The van der Waals surface area contributed by atoms with E-state index in [2.05, 4.69) is 4.98 Å². The summed E-state index contributed by atoms with van der Waals surface area (Å²) in [4.78, 5) is 22.2. The summed E-state index contributed by atoms with van der Waals surface area (Å²) in [7, 11) is 1.92. The first kappa shape index (κ1) is 18.6. The molecule has 0 saturated carbocycles. The van der Waals surface area contributed by atoms with Crippen molar-refractivity contribution in [1.29, 1.82) is 0 Å². The lowest BCUT2D eigenvalue weighted by Crippen LogP contribution is -2.21. The molecule has 0 aliphatic rings. The first-order chi connectivity index (χ1) is 13.9. The lowest BCUT2D eigenvalue weighted by atomic mass is 10.0. The van der Waals surface area contributed by atoms with Gasteiger partial charge in [0.05, 0.1) is 29.3 Å². The van der Waals surface area contributed by atoms with Crippen molar-refractivity contribution in [1.82, 2.24) is 14.5 Å². The molecule has 0 saturated heterocycles. The highest BCUT2D eigenvalue weighted by atomic mass is 19.1. The molecular weight excluding hydrogens is 371 g/mol. The number of benzene rings is 2. The number of aromatic nitrogens is 3. The van der Waals surface area contributed by atoms with E-state index in [-0.39, 0.29) is 5.56 Å². The smallest absolute Gasteiger partial charge is 0.335 e. The van der Waals surface area contributed by atoms with E-state index in [1.807, 2.05) is 46.8 Å². The maximum atomic E-state index is 13.4. The fourth-order valence-electron chi connectivity index (χ4n) is 3.40. The summed E-state index contributed by atoms with van der Waals surface area (Å²) >= 11 is 0. The van der Waals surface area contributed by atoms with Gasteiger partial charge in [-0.25, -0.2) is 19.2 Å². The molecular formula is C22H19FN4O2. The van der Waals surface area contributed by atoms with E-state index in [0.717, 1.165) is 16.6 Å². The number of pyridine rings is 1. The van der Waals surface area contributed by atoms with Crippen LogP contribution < -0.4 is 4.90 Å². The fourth-order valence-corrected chi connectivity index (χ4v) is 3.40. The number of hydrogen-bond donors (Lipinski definition) is 1. The molecule has 2 heterocycles. The van der Waals surface area contributed by atoms with Crippen LogP contribution in [-0.4, -0.2) is 25.6 Å². The van der Waals surface area contributed by atoms with Crippen LogP contribution >= 0.6 is 0 Å². The molecule has 0 unspecified atom stereocenters. The Morgan fingerprint density at radius 1 is 1.17 bits per heavy atom. The summed E-state index contributed by atoms with van der Waals surface area (Å²) in [5.74, 6) is -0.170. The van der Waals surface area contributed by atoms with E-state index < -0.39 is 11.8 Å². The van der Waals surface area contributed by atoms with Gasteiger partial charge in [-0.15, -0.1) is 0 Å². The van der Waals surface area contributed by atoms with Gasteiger partial charge in [0.2, 0.25) is 5.95 Å². The van der Waals surface area contributed by atoms with Crippen LogP contribution in [0.25, 0.3) is 11.0 Å². The number of aromatic carboxylic acids is 1. The SMILES string of the molecule is Cc1cc(CN(c2ccc(F)cn2)c2nc3ccccc3n2C)ccc1C(=O)O. The van der Waals surface area contributed by atoms with Crippen molar-refractivity contribution < 1.29 is 14.3 Å². The van der Waals surface area contributed by atoms with Crippen molar-refractivity contribution in [2.45, 2.75) is 13.5 Å². The third-order valence-corrected chi connectivity index (χ3v) is 4.86. The van der Waals surface area contributed by atoms with Crippen LogP contribution in [0.1, 0.15) is 21.5 Å². The number of hydrogen-bond acceptors (Lipinski definition) is 4. The minimum absolute atomic E-state index is 0.267. The van der Waals surface area contributed by atoms with Crippen molar-refractivity contribution in [2.24, 2.45) is 7.05 Å². The Kier molecular flexibility index (Phi) is 4.72. The van der Waals surface area contributed by atoms with E-state index in [0.29, 0.717) is 23.9 Å². The summed E-state index contributed by atoms with van der Waals surface area (Å²) in [5, 5.41) is 9.27. The maximum absolute atomic E-state index is 13.4. The number of nitrogens with zero attached hydrogens (tertiary/aromatic N) is 4. The van der Waals surface area contributed by atoms with Gasteiger partial charge >= 0.3 is 5.97 Å². The van der Waals surface area contributed by atoms with Crippen LogP contribution in [0.3, 0.4) is 0 Å². The molecule has 0 spiro atoms. The van der Waals surface area contributed by atoms with Crippen LogP contribution in [0.15, 0.2) is 60.8 Å². The van der Waals surface area contributed by atoms with E-state index in [1.165, 1.54) is 12.3 Å². The largest absolute Gasteiger partial charge is 0.478 e. The molecule has 6 nitrogen and oxygen atoms in total. The third-order valence-electron chi connectivity index (χ3n) is 4.86. The number of anilines is 2. The Morgan fingerprint density at radius 3 is 2.62 bits per heavy atom. The average molecular weight is 390 g/mol. The molecule has 0 fully saturated rings. The highest BCUT2D eigenvalue weighted by Crippen LogP contribution is 2.28. The number of carbonyl (C=O) groups is 1. The molecule has 0 bridgehead atoms. The summed E-state index contributed by atoms with van der Waals surface area (Å²) < 4.78 is 15.4. The lowest BCUT2D eigenvalue weighted by Gasteiger charge is -2.23. The number of carboxylic acid groups (broad SMARTS) is 1. The second-order valence-electron chi connectivity index (χ2n) is 6.83. The van der Waals surface area contributed by atoms with Gasteiger partial charge in [-0.2, -0.15) is 0 Å². The van der Waals surface area contributed by atoms with Crippen molar-refractivity contribution in [3.8, 4) is 0 Å². The Bertz CT molecular complexity index is 1200. The van der Waals surface area contributed by atoms with Crippen LogP contribution in [-0.2, 0) is 13.6 Å². The second kappa shape index (κ2) is 7.35. The van der Waals surface area contributed by atoms with Crippen molar-refractivity contribution in [3.05, 3.63) is 83.3 Å². The summed E-state index contributed by atoms with van der Waals surface area (Å²) in [6, 6.07) is 15.9. The second-order valence-corrected chi connectivity index (χ2v) is 6.83. The number of para-hydroxylation sites is 2. The summed E-state index contributed by atoms with van der Waals surface area (Å²) in [5.41, 5.74) is 3.64. The number of rotatable bonds is 5. The normalized spacial score (nSPS) is 11.0. The van der Waals surface area contributed by atoms with E-state index in [9.17, 15) is 14.3 Å². The zero-order valence-corrected chi connectivity index (χ0v) is 16.0. The molecule has 0 aliphatic heterocycles. The molecule has 146 valence electrons. The van der Waals surface area contributed by atoms with Crippen LogP contribution in [0.2, 0.25) is 0 Å². The Morgan fingerprint density at radius 2 is 1.97 bits per heavy atom. The maximum Gasteiger partial charge on any atom is 0.335 e. The molecule has 0 atom stereocenters. The van der Waals surface area contributed by atoms with Gasteiger partial charge < -0.3 is 9.67 Å². The zero-order valence-electron chi connectivity index (χ0n) is 16.0. The van der Waals surface area contributed by atoms with E-state index >= 15 is 0 Å². The Balaban J connectivity index is 1.80. The highest BCUT2D eigenvalue weighted by molar-refractivity contribution is 5.89. The van der Waals surface area contributed by atoms with Crippen LogP contribution in [0, 0.1) is 12.7 Å². The van der Waals surface area contributed by atoms with Crippen molar-refractivity contribution in [3.63, 3.8) is 0 Å². The summed E-state index contributed by atoms with van der Waals surface area (Å²) in [6.45, 7) is 2.17. The molecule has 0 amide bonds. The van der Waals surface area contributed by atoms with Gasteiger partial charge in [0, 0.05) is 7.05 Å².